The number of ether oxygens (including phenoxy) is 1. The van der Waals surface area contributed by atoms with Crippen LogP contribution in [0.5, 0.6) is 11.6 Å². The number of benzene rings is 1. The molecule has 2 aromatic rings. The maximum Gasteiger partial charge on any atom is 0.219 e. The first-order chi connectivity index (χ1) is 8.19. The largest absolute Gasteiger partial charge is 0.439 e. The van der Waals surface area contributed by atoms with Crippen molar-refractivity contribution in [3.05, 3.63) is 53.2 Å². The molecular formula is C14H16N2O. The molecule has 1 heterocycles. The first-order valence-corrected chi connectivity index (χ1v) is 5.59. The molecule has 0 spiro atoms. The highest BCUT2D eigenvalue weighted by atomic mass is 16.5. The van der Waals surface area contributed by atoms with Crippen molar-refractivity contribution in [1.29, 1.82) is 0 Å². The smallest absolute Gasteiger partial charge is 0.219 e. The monoisotopic (exact) mass is 228 g/mol. The molecule has 0 radical (unpaired) electrons. The second kappa shape index (κ2) is 4.97. The topological polar surface area (TPSA) is 48.1 Å². The zero-order valence-electron chi connectivity index (χ0n) is 10.1. The van der Waals surface area contributed by atoms with Gasteiger partial charge in [-0.3, -0.25) is 0 Å². The molecule has 0 saturated heterocycles. The van der Waals surface area contributed by atoms with Crippen LogP contribution >= 0.6 is 0 Å². The third-order valence-corrected chi connectivity index (χ3v) is 2.73. The summed E-state index contributed by atoms with van der Waals surface area (Å²) in [6, 6.07) is 9.74. The minimum absolute atomic E-state index is 0.497. The second-order valence-electron chi connectivity index (χ2n) is 4.06. The summed E-state index contributed by atoms with van der Waals surface area (Å²) in [5.74, 6) is 1.39. The van der Waals surface area contributed by atoms with Crippen LogP contribution in [0.2, 0.25) is 0 Å². The lowest BCUT2D eigenvalue weighted by molar-refractivity contribution is 0.462. The summed E-state index contributed by atoms with van der Waals surface area (Å²) in [5, 5.41) is 0. The fraction of sp³-hybridized carbons (Fsp3) is 0.214. The zero-order chi connectivity index (χ0) is 12.3. The van der Waals surface area contributed by atoms with Gasteiger partial charge < -0.3 is 10.5 Å². The molecule has 0 fully saturated rings. The van der Waals surface area contributed by atoms with E-state index in [0.717, 1.165) is 11.3 Å². The van der Waals surface area contributed by atoms with Crippen molar-refractivity contribution in [2.75, 3.05) is 0 Å². The van der Waals surface area contributed by atoms with Crippen molar-refractivity contribution >= 4 is 0 Å². The van der Waals surface area contributed by atoms with E-state index in [0.29, 0.717) is 12.4 Å². The lowest BCUT2D eigenvalue weighted by Crippen LogP contribution is -1.97. The maximum absolute atomic E-state index is 5.66. The molecule has 2 rings (SSSR count). The van der Waals surface area contributed by atoms with E-state index in [4.69, 9.17) is 10.5 Å². The van der Waals surface area contributed by atoms with E-state index in [1.807, 2.05) is 30.3 Å². The molecule has 0 bridgehead atoms. The quantitative estimate of drug-likeness (QED) is 0.878. The van der Waals surface area contributed by atoms with Gasteiger partial charge in [0.25, 0.3) is 0 Å². The Kier molecular flexibility index (Phi) is 3.40. The van der Waals surface area contributed by atoms with E-state index < -0.39 is 0 Å². The molecule has 1 aromatic carbocycles. The fourth-order valence-corrected chi connectivity index (χ4v) is 1.49. The average Bonchev–Trinajstić information content (AvgIpc) is 2.35. The summed E-state index contributed by atoms with van der Waals surface area (Å²) in [5.41, 5.74) is 8.97. The number of hydrogen-bond acceptors (Lipinski definition) is 3. The Hall–Kier alpha value is -1.87. The summed E-state index contributed by atoms with van der Waals surface area (Å²) in [6.07, 6.45) is 1.73. The van der Waals surface area contributed by atoms with E-state index in [1.54, 1.807) is 6.20 Å². The molecule has 3 heteroatoms. The van der Waals surface area contributed by atoms with Gasteiger partial charge in [-0.05, 0) is 42.7 Å². The van der Waals surface area contributed by atoms with Crippen LogP contribution < -0.4 is 10.5 Å². The molecule has 0 atom stereocenters. The Morgan fingerprint density at radius 3 is 2.53 bits per heavy atom. The number of aromatic nitrogens is 1. The van der Waals surface area contributed by atoms with E-state index in [9.17, 15) is 0 Å². The van der Waals surface area contributed by atoms with Crippen LogP contribution in [0.3, 0.4) is 0 Å². The van der Waals surface area contributed by atoms with Gasteiger partial charge >= 0.3 is 0 Å². The van der Waals surface area contributed by atoms with Gasteiger partial charge in [-0.2, -0.15) is 0 Å². The average molecular weight is 228 g/mol. The molecule has 88 valence electrons. The first-order valence-electron chi connectivity index (χ1n) is 5.59. The zero-order valence-corrected chi connectivity index (χ0v) is 10.1. The van der Waals surface area contributed by atoms with E-state index >= 15 is 0 Å². The van der Waals surface area contributed by atoms with Crippen molar-refractivity contribution in [3.63, 3.8) is 0 Å². The normalized spacial score (nSPS) is 10.3. The van der Waals surface area contributed by atoms with Gasteiger partial charge in [-0.25, -0.2) is 4.98 Å². The number of hydrogen-bond donors (Lipinski definition) is 1. The highest BCUT2D eigenvalue weighted by Crippen LogP contribution is 2.22. The number of pyridine rings is 1. The van der Waals surface area contributed by atoms with Gasteiger partial charge in [0, 0.05) is 18.8 Å². The van der Waals surface area contributed by atoms with Crippen molar-refractivity contribution in [2.24, 2.45) is 5.73 Å². The Morgan fingerprint density at radius 2 is 1.94 bits per heavy atom. The summed E-state index contributed by atoms with van der Waals surface area (Å²) < 4.78 is 5.66. The molecule has 0 amide bonds. The van der Waals surface area contributed by atoms with Crippen LogP contribution in [0.15, 0.2) is 36.5 Å². The Balaban J connectivity index is 2.16. The molecule has 17 heavy (non-hydrogen) atoms. The van der Waals surface area contributed by atoms with Crippen LogP contribution in [0.1, 0.15) is 16.7 Å². The van der Waals surface area contributed by atoms with Gasteiger partial charge in [0.05, 0.1) is 0 Å². The Morgan fingerprint density at radius 1 is 1.12 bits per heavy atom. The molecule has 0 aliphatic rings. The minimum Gasteiger partial charge on any atom is -0.439 e. The summed E-state index contributed by atoms with van der Waals surface area (Å²) in [7, 11) is 0. The summed E-state index contributed by atoms with van der Waals surface area (Å²) in [4.78, 5) is 4.19. The number of rotatable bonds is 3. The Labute approximate surface area is 101 Å². The van der Waals surface area contributed by atoms with Crippen molar-refractivity contribution in [2.45, 2.75) is 20.4 Å². The SMILES string of the molecule is Cc1ccc(Oc2ccc(CN)cn2)cc1C. The number of aryl methyl sites for hydroxylation is 2. The van der Waals surface area contributed by atoms with Crippen LogP contribution in [-0.2, 0) is 6.54 Å². The van der Waals surface area contributed by atoms with Gasteiger partial charge in [0.1, 0.15) is 5.75 Å². The second-order valence-corrected chi connectivity index (χ2v) is 4.06. The van der Waals surface area contributed by atoms with Gasteiger partial charge in [-0.15, -0.1) is 0 Å². The fourth-order valence-electron chi connectivity index (χ4n) is 1.49. The third-order valence-electron chi connectivity index (χ3n) is 2.73. The first kappa shape index (κ1) is 11.6. The van der Waals surface area contributed by atoms with Crippen LogP contribution in [-0.4, -0.2) is 4.98 Å². The minimum atomic E-state index is 0.497. The van der Waals surface area contributed by atoms with Crippen LogP contribution in [0.25, 0.3) is 0 Å². The van der Waals surface area contributed by atoms with Gasteiger partial charge in [0.15, 0.2) is 0 Å². The molecule has 0 unspecified atom stereocenters. The summed E-state index contributed by atoms with van der Waals surface area (Å²) >= 11 is 0. The van der Waals surface area contributed by atoms with Gasteiger partial charge in [-0.1, -0.05) is 12.1 Å². The number of nitrogens with two attached hydrogens (primary N) is 1. The molecule has 0 aliphatic carbocycles. The molecule has 0 saturated carbocycles. The van der Waals surface area contributed by atoms with Crippen LogP contribution in [0.4, 0.5) is 0 Å². The summed E-state index contributed by atoms with van der Waals surface area (Å²) in [6.45, 7) is 4.64. The molecule has 2 N–H and O–H groups in total. The molecule has 1 aromatic heterocycles. The standard InChI is InChI=1S/C14H16N2O/c1-10-3-5-13(7-11(10)2)17-14-6-4-12(8-15)9-16-14/h3-7,9H,8,15H2,1-2H3. The van der Waals surface area contributed by atoms with Crippen molar-refractivity contribution < 1.29 is 4.74 Å². The molecule has 0 aliphatic heterocycles. The van der Waals surface area contributed by atoms with Crippen molar-refractivity contribution in [3.8, 4) is 11.6 Å². The predicted molar refractivity (Wildman–Crippen MR) is 68.1 cm³/mol. The maximum atomic E-state index is 5.66. The highest BCUT2D eigenvalue weighted by molar-refractivity contribution is 5.36. The van der Waals surface area contributed by atoms with E-state index in [2.05, 4.69) is 18.8 Å². The highest BCUT2D eigenvalue weighted by Gasteiger charge is 2.00. The van der Waals surface area contributed by atoms with Crippen molar-refractivity contribution in [1.82, 2.24) is 4.98 Å². The van der Waals surface area contributed by atoms with E-state index in [-0.39, 0.29) is 0 Å². The predicted octanol–water partition coefficient (Wildman–Crippen LogP) is 2.95. The lowest BCUT2D eigenvalue weighted by Gasteiger charge is -2.07. The third kappa shape index (κ3) is 2.82. The lowest BCUT2D eigenvalue weighted by atomic mass is 10.1. The molecule has 3 nitrogen and oxygen atoms in total. The molecular weight excluding hydrogens is 212 g/mol. The Bertz CT molecular complexity index is 506. The van der Waals surface area contributed by atoms with Crippen LogP contribution in [0, 0.1) is 13.8 Å². The van der Waals surface area contributed by atoms with Gasteiger partial charge in [0.2, 0.25) is 5.88 Å². The number of nitrogens with zero attached hydrogens (tertiary/aromatic N) is 1. The van der Waals surface area contributed by atoms with E-state index in [1.165, 1.54) is 11.1 Å².